The summed E-state index contributed by atoms with van der Waals surface area (Å²) in [6, 6.07) is 8.33. The van der Waals surface area contributed by atoms with E-state index in [2.05, 4.69) is 29.8 Å². The van der Waals surface area contributed by atoms with Crippen LogP contribution >= 0.6 is 0 Å². The molecule has 1 fully saturated rings. The number of anilines is 1. The van der Waals surface area contributed by atoms with Gasteiger partial charge in [0.1, 0.15) is 5.82 Å². The lowest BCUT2D eigenvalue weighted by Gasteiger charge is -2.33. The molecule has 0 spiro atoms. The molecule has 0 saturated carbocycles. The number of fused-ring (bicyclic) bond motifs is 1. The molecule has 1 aromatic carbocycles. The second-order valence-corrected chi connectivity index (χ2v) is 7.34. The van der Waals surface area contributed by atoms with Crippen LogP contribution in [-0.2, 0) is 4.74 Å². The monoisotopic (exact) mass is 368 g/mol. The Bertz CT molecular complexity index is 867. The van der Waals surface area contributed by atoms with Crippen molar-refractivity contribution in [2.45, 2.75) is 39.2 Å². The fourth-order valence-electron chi connectivity index (χ4n) is 3.29. The van der Waals surface area contributed by atoms with Crippen LogP contribution in [0.25, 0.3) is 10.9 Å². The largest absolute Gasteiger partial charge is 0.378 e. The minimum Gasteiger partial charge on any atom is -0.378 e. The van der Waals surface area contributed by atoms with Gasteiger partial charge >= 0.3 is 0 Å². The number of nitrogens with zero attached hydrogens (tertiary/aromatic N) is 4. The summed E-state index contributed by atoms with van der Waals surface area (Å²) in [6.07, 6.45) is 3.21. The molecule has 2 heterocycles. The van der Waals surface area contributed by atoms with Gasteiger partial charge in [0.25, 0.3) is 5.69 Å². The van der Waals surface area contributed by atoms with Gasteiger partial charge in [-0.2, -0.15) is 5.26 Å². The van der Waals surface area contributed by atoms with Crippen LogP contribution < -0.4 is 4.90 Å². The molecule has 1 aliphatic rings. The van der Waals surface area contributed by atoms with E-state index in [1.165, 1.54) is 12.1 Å². The van der Waals surface area contributed by atoms with Crippen molar-refractivity contribution in [2.75, 3.05) is 24.6 Å². The molecule has 1 saturated heterocycles. The zero-order chi connectivity index (χ0) is 19.4. The van der Waals surface area contributed by atoms with E-state index in [0.717, 1.165) is 44.8 Å². The molecule has 0 aliphatic carbocycles. The van der Waals surface area contributed by atoms with Crippen molar-refractivity contribution < 1.29 is 9.66 Å². The van der Waals surface area contributed by atoms with Crippen LogP contribution in [0.4, 0.5) is 11.5 Å². The highest BCUT2D eigenvalue weighted by molar-refractivity contribution is 5.88. The van der Waals surface area contributed by atoms with Crippen molar-refractivity contribution in [1.29, 1.82) is 5.26 Å². The zero-order valence-electron chi connectivity index (χ0n) is 15.7. The van der Waals surface area contributed by atoms with Crippen molar-refractivity contribution in [3.63, 3.8) is 0 Å². The van der Waals surface area contributed by atoms with Gasteiger partial charge in [-0.25, -0.2) is 4.98 Å². The molecule has 27 heavy (non-hydrogen) atoms. The van der Waals surface area contributed by atoms with E-state index in [1.54, 1.807) is 12.1 Å². The SMILES string of the molecule is CC(C)CCOC1CCN(c2cc(C#N)c3cc([N+](=O)[O-])ccc3n2)CC1. The number of pyridine rings is 1. The summed E-state index contributed by atoms with van der Waals surface area (Å²) < 4.78 is 5.97. The van der Waals surface area contributed by atoms with Crippen LogP contribution in [-0.4, -0.2) is 35.7 Å². The van der Waals surface area contributed by atoms with Gasteiger partial charge in [0.15, 0.2) is 0 Å². The highest BCUT2D eigenvalue weighted by Gasteiger charge is 2.22. The van der Waals surface area contributed by atoms with Crippen molar-refractivity contribution in [1.82, 2.24) is 4.98 Å². The first-order chi connectivity index (χ1) is 13.0. The molecule has 0 bridgehead atoms. The number of nitriles is 1. The first-order valence-corrected chi connectivity index (χ1v) is 9.33. The lowest BCUT2D eigenvalue weighted by Crippen LogP contribution is -2.37. The minimum absolute atomic E-state index is 0.0343. The molecule has 0 unspecified atom stereocenters. The zero-order valence-corrected chi connectivity index (χ0v) is 15.7. The summed E-state index contributed by atoms with van der Waals surface area (Å²) in [4.78, 5) is 17.3. The second-order valence-electron chi connectivity index (χ2n) is 7.34. The van der Waals surface area contributed by atoms with Gasteiger partial charge in [-0.15, -0.1) is 0 Å². The number of ether oxygens (including phenoxy) is 1. The van der Waals surface area contributed by atoms with Crippen LogP contribution in [0.1, 0.15) is 38.7 Å². The van der Waals surface area contributed by atoms with E-state index in [0.29, 0.717) is 22.4 Å². The molecule has 0 radical (unpaired) electrons. The van der Waals surface area contributed by atoms with Gasteiger partial charge in [0.05, 0.1) is 28.2 Å². The van der Waals surface area contributed by atoms with E-state index in [4.69, 9.17) is 4.74 Å². The van der Waals surface area contributed by atoms with Crippen LogP contribution in [0, 0.1) is 27.4 Å². The maximum atomic E-state index is 11.0. The number of nitro groups is 1. The summed E-state index contributed by atoms with van der Waals surface area (Å²) >= 11 is 0. The van der Waals surface area contributed by atoms with Gasteiger partial charge in [0, 0.05) is 37.2 Å². The third kappa shape index (κ3) is 4.52. The highest BCUT2D eigenvalue weighted by atomic mass is 16.6. The van der Waals surface area contributed by atoms with E-state index < -0.39 is 4.92 Å². The molecule has 2 aromatic rings. The quantitative estimate of drug-likeness (QED) is 0.564. The molecule has 1 aromatic heterocycles. The number of non-ortho nitro benzene ring substituents is 1. The molecule has 0 N–H and O–H groups in total. The molecule has 0 amide bonds. The van der Waals surface area contributed by atoms with Gasteiger partial charge in [-0.3, -0.25) is 10.1 Å². The number of nitro benzene ring substituents is 1. The Morgan fingerprint density at radius 3 is 2.74 bits per heavy atom. The van der Waals surface area contributed by atoms with Gasteiger partial charge < -0.3 is 9.64 Å². The van der Waals surface area contributed by atoms with Gasteiger partial charge in [-0.05, 0) is 37.3 Å². The lowest BCUT2D eigenvalue weighted by atomic mass is 10.1. The average molecular weight is 368 g/mol. The topological polar surface area (TPSA) is 92.3 Å². The van der Waals surface area contributed by atoms with E-state index in [1.807, 2.05) is 0 Å². The Balaban J connectivity index is 1.73. The summed E-state index contributed by atoms with van der Waals surface area (Å²) in [5.41, 5.74) is 0.979. The number of rotatable bonds is 6. The molecule has 142 valence electrons. The maximum Gasteiger partial charge on any atom is 0.270 e. The fraction of sp³-hybridized carbons (Fsp3) is 0.500. The standard InChI is InChI=1S/C20H24N4O3/c1-14(2)7-10-27-17-5-8-23(9-6-17)20-11-15(13-21)18-12-16(24(25)26)3-4-19(18)22-20/h3-4,11-12,14,17H,5-10H2,1-2H3. The van der Waals surface area contributed by atoms with Gasteiger partial charge in [-0.1, -0.05) is 13.8 Å². The van der Waals surface area contributed by atoms with Crippen LogP contribution in [0.15, 0.2) is 24.3 Å². The highest BCUT2D eigenvalue weighted by Crippen LogP contribution is 2.28. The lowest BCUT2D eigenvalue weighted by molar-refractivity contribution is -0.384. The maximum absolute atomic E-state index is 11.0. The van der Waals surface area contributed by atoms with Crippen LogP contribution in [0.3, 0.4) is 0 Å². The minimum atomic E-state index is -0.460. The van der Waals surface area contributed by atoms with E-state index >= 15 is 0 Å². The summed E-state index contributed by atoms with van der Waals surface area (Å²) in [7, 11) is 0. The second kappa shape index (κ2) is 8.31. The first-order valence-electron chi connectivity index (χ1n) is 9.33. The third-order valence-corrected chi connectivity index (χ3v) is 4.92. The number of hydrogen-bond donors (Lipinski definition) is 0. The molecule has 7 nitrogen and oxygen atoms in total. The molecule has 7 heteroatoms. The smallest absolute Gasteiger partial charge is 0.270 e. The molecule has 1 aliphatic heterocycles. The summed E-state index contributed by atoms with van der Waals surface area (Å²) in [5.74, 6) is 1.39. The summed E-state index contributed by atoms with van der Waals surface area (Å²) in [6.45, 7) is 6.83. The number of hydrogen-bond acceptors (Lipinski definition) is 6. The number of benzene rings is 1. The summed E-state index contributed by atoms with van der Waals surface area (Å²) in [5, 5.41) is 21.0. The predicted molar refractivity (Wildman–Crippen MR) is 104 cm³/mol. The Morgan fingerprint density at radius 1 is 1.37 bits per heavy atom. The normalized spacial score (nSPS) is 15.3. The molecule has 3 rings (SSSR count). The Morgan fingerprint density at radius 2 is 2.11 bits per heavy atom. The first kappa shape index (κ1) is 19.1. The van der Waals surface area contributed by atoms with E-state index in [-0.39, 0.29) is 11.8 Å². The Kier molecular flexibility index (Phi) is 5.87. The number of piperidine rings is 1. The van der Waals surface area contributed by atoms with Crippen LogP contribution in [0.2, 0.25) is 0 Å². The van der Waals surface area contributed by atoms with Crippen molar-refractivity contribution in [3.05, 3.63) is 39.9 Å². The van der Waals surface area contributed by atoms with Crippen LogP contribution in [0.5, 0.6) is 0 Å². The van der Waals surface area contributed by atoms with Crippen molar-refractivity contribution in [2.24, 2.45) is 5.92 Å². The van der Waals surface area contributed by atoms with Crippen molar-refractivity contribution in [3.8, 4) is 6.07 Å². The molecular weight excluding hydrogens is 344 g/mol. The molecular formula is C20H24N4O3. The Hall–Kier alpha value is -2.72. The molecule has 0 atom stereocenters. The van der Waals surface area contributed by atoms with Gasteiger partial charge in [0.2, 0.25) is 0 Å². The van der Waals surface area contributed by atoms with Crippen molar-refractivity contribution >= 4 is 22.4 Å². The predicted octanol–water partition coefficient (Wildman–Crippen LogP) is 4.05. The third-order valence-electron chi connectivity index (χ3n) is 4.92. The Labute approximate surface area is 158 Å². The fourth-order valence-corrected chi connectivity index (χ4v) is 3.29. The van der Waals surface area contributed by atoms with E-state index in [9.17, 15) is 15.4 Å². The average Bonchev–Trinajstić information content (AvgIpc) is 2.66. The number of aromatic nitrogens is 1.